The number of hydrogen-bond acceptors (Lipinski definition) is 6. The first-order valence-corrected chi connectivity index (χ1v) is 11.6. The van der Waals surface area contributed by atoms with E-state index in [1.807, 2.05) is 0 Å². The molecule has 0 saturated heterocycles. The van der Waals surface area contributed by atoms with Crippen LogP contribution in [0.3, 0.4) is 0 Å². The van der Waals surface area contributed by atoms with Crippen molar-refractivity contribution in [2.24, 2.45) is 23.7 Å². The SMILES string of the molecule is O=C(O)C1CC(O)CCC1C(=O)NC1CCC(NC(=O)C2CCC(O)CC2C(=O)O)CC1. The monoisotopic (exact) mass is 454 g/mol. The Bertz CT molecular complexity index is 661. The summed E-state index contributed by atoms with van der Waals surface area (Å²) in [6.07, 6.45) is 2.85. The van der Waals surface area contributed by atoms with Crippen LogP contribution >= 0.6 is 0 Å². The molecule has 0 radical (unpaired) electrons. The van der Waals surface area contributed by atoms with Crippen LogP contribution in [-0.4, -0.2) is 68.5 Å². The average Bonchev–Trinajstić information content (AvgIpc) is 2.74. The van der Waals surface area contributed by atoms with Crippen LogP contribution < -0.4 is 10.6 Å². The van der Waals surface area contributed by atoms with Gasteiger partial charge in [0.1, 0.15) is 0 Å². The van der Waals surface area contributed by atoms with Crippen molar-refractivity contribution in [2.45, 2.75) is 88.5 Å². The molecule has 0 aromatic heterocycles. The van der Waals surface area contributed by atoms with E-state index in [0.29, 0.717) is 51.4 Å². The second kappa shape index (κ2) is 10.6. The quantitative estimate of drug-likeness (QED) is 0.331. The molecule has 3 saturated carbocycles. The Balaban J connectivity index is 1.46. The number of aliphatic carboxylic acids is 2. The Hall–Kier alpha value is -2.20. The molecule has 6 N–H and O–H groups in total. The average molecular weight is 455 g/mol. The van der Waals surface area contributed by atoms with Gasteiger partial charge in [0.2, 0.25) is 11.8 Å². The second-order valence-corrected chi connectivity index (χ2v) is 9.60. The van der Waals surface area contributed by atoms with Crippen LogP contribution in [0.2, 0.25) is 0 Å². The summed E-state index contributed by atoms with van der Waals surface area (Å²) in [5, 5.41) is 44.1. The van der Waals surface area contributed by atoms with Gasteiger partial charge in [0.15, 0.2) is 0 Å². The zero-order valence-electron chi connectivity index (χ0n) is 18.1. The highest BCUT2D eigenvalue weighted by molar-refractivity contribution is 5.86. The van der Waals surface area contributed by atoms with Crippen LogP contribution in [-0.2, 0) is 19.2 Å². The molecule has 6 unspecified atom stereocenters. The lowest BCUT2D eigenvalue weighted by atomic mass is 9.76. The Morgan fingerprint density at radius 1 is 0.531 bits per heavy atom. The lowest BCUT2D eigenvalue weighted by Crippen LogP contribution is -2.50. The summed E-state index contributed by atoms with van der Waals surface area (Å²) in [6.45, 7) is 0. The molecular formula is C22H34N2O8. The molecule has 0 spiro atoms. The van der Waals surface area contributed by atoms with E-state index in [4.69, 9.17) is 0 Å². The fourth-order valence-corrected chi connectivity index (χ4v) is 5.47. The summed E-state index contributed by atoms with van der Waals surface area (Å²) in [5.41, 5.74) is 0. The van der Waals surface area contributed by atoms with Crippen molar-refractivity contribution in [1.82, 2.24) is 10.6 Å². The molecule has 3 fully saturated rings. The van der Waals surface area contributed by atoms with Crippen LogP contribution in [0.5, 0.6) is 0 Å². The molecule has 3 aliphatic rings. The van der Waals surface area contributed by atoms with Crippen molar-refractivity contribution in [1.29, 1.82) is 0 Å². The molecule has 0 aliphatic heterocycles. The minimum atomic E-state index is -1.06. The van der Waals surface area contributed by atoms with E-state index >= 15 is 0 Å². The molecule has 6 atom stereocenters. The lowest BCUT2D eigenvalue weighted by molar-refractivity contribution is -0.151. The summed E-state index contributed by atoms with van der Waals surface area (Å²) in [6, 6.07) is -0.206. The largest absolute Gasteiger partial charge is 0.481 e. The van der Waals surface area contributed by atoms with E-state index in [0.717, 1.165) is 0 Å². The first-order valence-electron chi connectivity index (χ1n) is 11.6. The van der Waals surface area contributed by atoms with Gasteiger partial charge in [-0.2, -0.15) is 0 Å². The highest BCUT2D eigenvalue weighted by Crippen LogP contribution is 2.33. The minimum Gasteiger partial charge on any atom is -0.481 e. The number of aliphatic hydroxyl groups is 2. The van der Waals surface area contributed by atoms with Crippen molar-refractivity contribution < 1.29 is 39.6 Å². The number of amides is 2. The summed E-state index contributed by atoms with van der Waals surface area (Å²) < 4.78 is 0. The number of hydrogen-bond donors (Lipinski definition) is 6. The molecule has 0 aromatic rings. The fraction of sp³-hybridized carbons (Fsp3) is 0.818. The van der Waals surface area contributed by atoms with Gasteiger partial charge in [-0.1, -0.05) is 0 Å². The summed E-state index contributed by atoms with van der Waals surface area (Å²) in [4.78, 5) is 48.3. The Morgan fingerprint density at radius 3 is 1.19 bits per heavy atom. The van der Waals surface area contributed by atoms with Gasteiger partial charge in [-0.05, 0) is 64.2 Å². The van der Waals surface area contributed by atoms with Crippen molar-refractivity contribution in [2.75, 3.05) is 0 Å². The number of rotatable bonds is 6. The van der Waals surface area contributed by atoms with E-state index in [9.17, 15) is 39.6 Å². The highest BCUT2D eigenvalue weighted by atomic mass is 16.4. The van der Waals surface area contributed by atoms with Crippen molar-refractivity contribution in [3.8, 4) is 0 Å². The van der Waals surface area contributed by atoms with Gasteiger partial charge in [-0.3, -0.25) is 19.2 Å². The molecule has 10 nitrogen and oxygen atoms in total. The number of carbonyl (C=O) groups excluding carboxylic acids is 2. The lowest BCUT2D eigenvalue weighted by Gasteiger charge is -2.35. The van der Waals surface area contributed by atoms with Gasteiger partial charge in [0.05, 0.1) is 35.9 Å². The highest BCUT2D eigenvalue weighted by Gasteiger charge is 2.41. The molecule has 3 rings (SSSR count). The molecule has 10 heteroatoms. The molecular weight excluding hydrogens is 420 g/mol. The van der Waals surface area contributed by atoms with Gasteiger partial charge in [0.25, 0.3) is 0 Å². The summed E-state index contributed by atoms with van der Waals surface area (Å²) in [7, 11) is 0. The van der Waals surface area contributed by atoms with Crippen LogP contribution in [0.4, 0.5) is 0 Å². The van der Waals surface area contributed by atoms with Crippen LogP contribution in [0.15, 0.2) is 0 Å². The molecule has 2 amide bonds. The Kier molecular flexibility index (Phi) is 8.10. The summed E-state index contributed by atoms with van der Waals surface area (Å²) >= 11 is 0. The first-order chi connectivity index (χ1) is 15.2. The Morgan fingerprint density at radius 2 is 0.875 bits per heavy atom. The summed E-state index contributed by atoms with van der Waals surface area (Å²) in [5.74, 6) is -5.78. The number of carboxylic acids is 2. The van der Waals surface area contributed by atoms with Gasteiger partial charge < -0.3 is 31.1 Å². The van der Waals surface area contributed by atoms with Crippen molar-refractivity contribution in [3.05, 3.63) is 0 Å². The number of nitrogens with one attached hydrogen (secondary N) is 2. The zero-order chi connectivity index (χ0) is 23.4. The maximum absolute atomic E-state index is 12.7. The molecule has 180 valence electrons. The maximum Gasteiger partial charge on any atom is 0.307 e. The molecule has 0 bridgehead atoms. The third-order valence-electron chi connectivity index (χ3n) is 7.37. The van der Waals surface area contributed by atoms with Crippen LogP contribution in [0, 0.1) is 23.7 Å². The predicted molar refractivity (Wildman–Crippen MR) is 111 cm³/mol. The maximum atomic E-state index is 12.7. The van der Waals surface area contributed by atoms with Gasteiger partial charge in [-0.15, -0.1) is 0 Å². The van der Waals surface area contributed by atoms with Crippen LogP contribution in [0.1, 0.15) is 64.2 Å². The molecule has 3 aliphatic carbocycles. The first kappa shape index (κ1) is 24.4. The second-order valence-electron chi connectivity index (χ2n) is 9.60. The number of aliphatic hydroxyl groups excluding tert-OH is 2. The zero-order valence-corrected chi connectivity index (χ0v) is 18.1. The molecule has 32 heavy (non-hydrogen) atoms. The third kappa shape index (κ3) is 5.98. The van der Waals surface area contributed by atoms with Gasteiger partial charge in [-0.25, -0.2) is 0 Å². The van der Waals surface area contributed by atoms with E-state index in [2.05, 4.69) is 10.6 Å². The fourth-order valence-electron chi connectivity index (χ4n) is 5.47. The third-order valence-corrected chi connectivity index (χ3v) is 7.37. The standard InChI is InChI=1S/C22H34N2O8/c25-13-5-7-15(17(9-13)21(29)30)19(27)23-11-1-2-12(4-3-11)24-20(28)16-8-6-14(26)10-18(16)22(31)32/h11-18,25-26H,1-10H2,(H,23,27)(H,24,28)(H,29,30)(H,31,32). The number of carbonyl (C=O) groups is 4. The van der Waals surface area contributed by atoms with Gasteiger partial charge >= 0.3 is 11.9 Å². The number of carboxylic acid groups (broad SMARTS) is 2. The predicted octanol–water partition coefficient (Wildman–Crippen LogP) is 0.254. The van der Waals surface area contributed by atoms with Crippen molar-refractivity contribution >= 4 is 23.8 Å². The Labute approximate surface area is 186 Å². The van der Waals surface area contributed by atoms with E-state index in [1.165, 1.54) is 0 Å². The molecule has 0 aromatic carbocycles. The van der Waals surface area contributed by atoms with E-state index in [1.54, 1.807) is 0 Å². The van der Waals surface area contributed by atoms with Crippen LogP contribution in [0.25, 0.3) is 0 Å². The van der Waals surface area contributed by atoms with Gasteiger partial charge in [0, 0.05) is 12.1 Å². The smallest absolute Gasteiger partial charge is 0.307 e. The van der Waals surface area contributed by atoms with E-state index in [-0.39, 0.29) is 36.7 Å². The van der Waals surface area contributed by atoms with Crippen molar-refractivity contribution in [3.63, 3.8) is 0 Å². The molecule has 0 heterocycles. The normalized spacial score (nSPS) is 37.8. The topological polar surface area (TPSA) is 173 Å². The van der Waals surface area contributed by atoms with E-state index < -0.39 is 47.8 Å². The minimum absolute atomic E-state index is 0.0850.